The van der Waals surface area contributed by atoms with Gasteiger partial charge in [0.1, 0.15) is 0 Å². The van der Waals surface area contributed by atoms with Crippen LogP contribution in [0.4, 0.5) is 0 Å². The Hall–Kier alpha value is -0.303. The summed E-state index contributed by atoms with van der Waals surface area (Å²) in [5.41, 5.74) is 0.843. The fraction of sp³-hybridized carbons (Fsp3) is 0.429. The quantitative estimate of drug-likeness (QED) is 0.469. The fourth-order valence-electron chi connectivity index (χ4n) is 0.893. The highest BCUT2D eigenvalue weighted by molar-refractivity contribution is 6.58. The summed E-state index contributed by atoms with van der Waals surface area (Å²) < 4.78 is 0. The van der Waals surface area contributed by atoms with E-state index in [9.17, 15) is 0 Å². The van der Waals surface area contributed by atoms with Crippen molar-refractivity contribution in [1.82, 2.24) is 0 Å². The summed E-state index contributed by atoms with van der Waals surface area (Å²) in [6.07, 6.45) is 8.91. The Labute approximate surface area is 52.5 Å². The molecule has 1 rings (SSSR count). The molecular formula is C7H12Si. The average Bonchev–Trinajstić information content (AvgIpc) is 2.12. The van der Waals surface area contributed by atoms with Crippen LogP contribution < -0.4 is 0 Å². The highest BCUT2D eigenvalue weighted by atomic mass is 28.3. The molecule has 0 fully saturated rings. The highest BCUT2D eigenvalue weighted by Crippen LogP contribution is 2.18. The molecule has 0 saturated carbocycles. The molecule has 0 aromatic heterocycles. The standard InChI is InChI=1S/C7H12Si/c1-8(2)7-5-3-4-6-7/h3-8H,1-2H3. The maximum absolute atomic E-state index is 2.38. The van der Waals surface area contributed by atoms with Crippen molar-refractivity contribution < 1.29 is 0 Å². The van der Waals surface area contributed by atoms with Crippen LogP contribution in [0.1, 0.15) is 0 Å². The first-order chi connectivity index (χ1) is 3.80. The molecule has 0 unspecified atom stereocenters. The van der Waals surface area contributed by atoms with E-state index in [2.05, 4.69) is 37.4 Å². The lowest BCUT2D eigenvalue weighted by Gasteiger charge is -2.05. The summed E-state index contributed by atoms with van der Waals surface area (Å²) >= 11 is 0. The van der Waals surface area contributed by atoms with Gasteiger partial charge in [0.2, 0.25) is 0 Å². The van der Waals surface area contributed by atoms with Gasteiger partial charge in [-0.2, -0.15) is 0 Å². The molecule has 0 spiro atoms. The molecule has 0 N–H and O–H groups in total. The van der Waals surface area contributed by atoms with E-state index in [1.807, 2.05) is 0 Å². The molecule has 0 bridgehead atoms. The maximum atomic E-state index is 2.38. The number of hydrogen-bond acceptors (Lipinski definition) is 0. The lowest BCUT2D eigenvalue weighted by molar-refractivity contribution is 1.35. The van der Waals surface area contributed by atoms with E-state index in [1.54, 1.807) is 0 Å². The largest absolute Gasteiger partial charge is 0.0807 e. The molecule has 8 heavy (non-hydrogen) atoms. The molecular weight excluding hydrogens is 112 g/mol. The van der Waals surface area contributed by atoms with Gasteiger partial charge < -0.3 is 0 Å². The van der Waals surface area contributed by atoms with Crippen LogP contribution in [0.2, 0.25) is 18.6 Å². The Balaban J connectivity index is 2.49. The van der Waals surface area contributed by atoms with Gasteiger partial charge in [-0.3, -0.25) is 0 Å². The van der Waals surface area contributed by atoms with Crippen LogP contribution in [0.15, 0.2) is 24.3 Å². The first kappa shape index (κ1) is 5.83. The molecule has 0 aromatic carbocycles. The van der Waals surface area contributed by atoms with E-state index >= 15 is 0 Å². The molecule has 0 heterocycles. The Morgan fingerprint density at radius 2 is 1.62 bits per heavy atom. The molecule has 0 aromatic rings. The predicted octanol–water partition coefficient (Wildman–Crippen LogP) is 1.97. The molecule has 0 radical (unpaired) electrons. The summed E-state index contributed by atoms with van der Waals surface area (Å²) in [5, 5.41) is 0. The Morgan fingerprint density at radius 3 is 1.88 bits per heavy atom. The lowest BCUT2D eigenvalue weighted by atomic mass is 10.5. The minimum Gasteiger partial charge on any atom is -0.0807 e. The van der Waals surface area contributed by atoms with Gasteiger partial charge in [0, 0.05) is 8.80 Å². The van der Waals surface area contributed by atoms with Crippen molar-refractivity contribution in [3.63, 3.8) is 0 Å². The van der Waals surface area contributed by atoms with Crippen molar-refractivity contribution in [2.45, 2.75) is 18.6 Å². The van der Waals surface area contributed by atoms with Gasteiger partial charge in [-0.25, -0.2) is 0 Å². The zero-order chi connectivity index (χ0) is 5.98. The Morgan fingerprint density at radius 1 is 1.12 bits per heavy atom. The van der Waals surface area contributed by atoms with Gasteiger partial charge in [-0.15, -0.1) is 0 Å². The molecule has 1 aliphatic carbocycles. The zero-order valence-electron chi connectivity index (χ0n) is 5.46. The molecule has 0 amide bonds. The van der Waals surface area contributed by atoms with Gasteiger partial charge >= 0.3 is 0 Å². The lowest BCUT2D eigenvalue weighted by Crippen LogP contribution is -2.04. The zero-order valence-corrected chi connectivity index (χ0v) is 6.62. The number of allylic oxidation sites excluding steroid dienone is 4. The van der Waals surface area contributed by atoms with Gasteiger partial charge in [0.25, 0.3) is 0 Å². The third-order valence-electron chi connectivity index (χ3n) is 1.55. The second-order valence-electron chi connectivity index (χ2n) is 2.59. The first-order valence-corrected chi connectivity index (χ1v) is 6.13. The van der Waals surface area contributed by atoms with Crippen LogP contribution in [-0.4, -0.2) is 8.80 Å². The van der Waals surface area contributed by atoms with Gasteiger partial charge in [-0.1, -0.05) is 37.4 Å². The van der Waals surface area contributed by atoms with Crippen LogP contribution in [-0.2, 0) is 0 Å². The van der Waals surface area contributed by atoms with Crippen LogP contribution in [0.5, 0.6) is 0 Å². The predicted molar refractivity (Wildman–Crippen MR) is 40.9 cm³/mol. The molecule has 1 heteroatoms. The van der Waals surface area contributed by atoms with Crippen molar-refractivity contribution in [3.8, 4) is 0 Å². The number of rotatable bonds is 1. The third-order valence-corrected chi connectivity index (χ3v) is 3.53. The minimum absolute atomic E-state index is 0.397. The molecule has 0 aliphatic heterocycles. The molecule has 0 atom stereocenters. The van der Waals surface area contributed by atoms with E-state index in [0.29, 0.717) is 0 Å². The van der Waals surface area contributed by atoms with Crippen molar-refractivity contribution >= 4 is 8.80 Å². The Bertz CT molecular complexity index is 110. The summed E-state index contributed by atoms with van der Waals surface area (Å²) in [6, 6.07) is 0. The summed E-state index contributed by atoms with van der Waals surface area (Å²) in [6.45, 7) is 4.76. The van der Waals surface area contributed by atoms with Gasteiger partial charge in [0.05, 0.1) is 0 Å². The maximum Gasteiger partial charge on any atom is 0.0428 e. The van der Waals surface area contributed by atoms with E-state index < -0.39 is 8.80 Å². The Kier molecular flexibility index (Phi) is 1.68. The second-order valence-corrected chi connectivity index (χ2v) is 5.85. The van der Waals surface area contributed by atoms with Crippen molar-refractivity contribution in [3.05, 3.63) is 24.3 Å². The summed E-state index contributed by atoms with van der Waals surface area (Å²) in [4.78, 5) is 0. The van der Waals surface area contributed by atoms with Crippen molar-refractivity contribution in [2.24, 2.45) is 0 Å². The van der Waals surface area contributed by atoms with E-state index in [-0.39, 0.29) is 0 Å². The van der Waals surface area contributed by atoms with E-state index in [0.717, 1.165) is 5.54 Å². The average molecular weight is 124 g/mol. The van der Waals surface area contributed by atoms with Gasteiger partial charge in [0.15, 0.2) is 0 Å². The third kappa shape index (κ3) is 1.10. The van der Waals surface area contributed by atoms with Crippen LogP contribution in [0, 0.1) is 0 Å². The van der Waals surface area contributed by atoms with Gasteiger partial charge in [-0.05, 0) is 5.54 Å². The molecule has 0 saturated heterocycles. The topological polar surface area (TPSA) is 0 Å². The smallest absolute Gasteiger partial charge is 0.0428 e. The van der Waals surface area contributed by atoms with Crippen LogP contribution in [0.3, 0.4) is 0 Å². The van der Waals surface area contributed by atoms with Crippen molar-refractivity contribution in [1.29, 1.82) is 0 Å². The van der Waals surface area contributed by atoms with Crippen molar-refractivity contribution in [2.75, 3.05) is 0 Å². The summed E-state index contributed by atoms with van der Waals surface area (Å²) in [5.74, 6) is 0. The second kappa shape index (κ2) is 2.31. The number of hydrogen-bond donors (Lipinski definition) is 0. The SMILES string of the molecule is C[SiH](C)C1C=CC=C1. The molecule has 0 nitrogen and oxygen atoms in total. The summed E-state index contributed by atoms with van der Waals surface area (Å²) in [7, 11) is -0.397. The monoisotopic (exact) mass is 124 g/mol. The van der Waals surface area contributed by atoms with E-state index in [4.69, 9.17) is 0 Å². The van der Waals surface area contributed by atoms with E-state index in [1.165, 1.54) is 0 Å². The first-order valence-electron chi connectivity index (χ1n) is 3.15. The normalized spacial score (nSPS) is 18.9. The molecule has 44 valence electrons. The van der Waals surface area contributed by atoms with Crippen LogP contribution in [0.25, 0.3) is 0 Å². The van der Waals surface area contributed by atoms with Crippen LogP contribution >= 0.6 is 0 Å². The molecule has 1 aliphatic rings. The highest BCUT2D eigenvalue weighted by Gasteiger charge is 2.07. The fourth-order valence-corrected chi connectivity index (χ4v) is 2.04. The minimum atomic E-state index is -0.397.